The maximum Gasteiger partial charge on any atom is 0.293 e. The van der Waals surface area contributed by atoms with Gasteiger partial charge in [-0.1, -0.05) is 0 Å². The molecule has 2 atom stereocenters. The van der Waals surface area contributed by atoms with E-state index in [-0.39, 0.29) is 11.7 Å². The van der Waals surface area contributed by atoms with E-state index in [0.717, 1.165) is 0 Å². The Kier molecular flexibility index (Phi) is 11.7. The first-order valence-electron chi connectivity index (χ1n) is 5.82. The van der Waals surface area contributed by atoms with Gasteiger partial charge in [-0.15, -0.1) is 0 Å². The van der Waals surface area contributed by atoms with Gasteiger partial charge in [0.2, 0.25) is 6.41 Å². The van der Waals surface area contributed by atoms with Gasteiger partial charge in [0.25, 0.3) is 6.47 Å². The summed E-state index contributed by atoms with van der Waals surface area (Å²) in [5.41, 5.74) is -0.318. The highest BCUT2D eigenvalue weighted by atomic mass is 16.5. The Morgan fingerprint density at radius 1 is 1.28 bits per heavy atom. The fourth-order valence-electron chi connectivity index (χ4n) is 0.646. The molecule has 0 aromatic rings. The molecule has 0 fully saturated rings. The van der Waals surface area contributed by atoms with Crippen molar-refractivity contribution in [2.24, 2.45) is 0 Å². The molecule has 0 aromatic carbocycles. The first-order chi connectivity index (χ1) is 8.24. The summed E-state index contributed by atoms with van der Waals surface area (Å²) in [6.07, 6.45) is -0.0224. The molecule has 0 bridgehead atoms. The van der Waals surface area contributed by atoms with Crippen molar-refractivity contribution in [2.75, 3.05) is 13.2 Å². The Morgan fingerprint density at radius 3 is 2.11 bits per heavy atom. The largest absolute Gasteiger partial charge is 0.462 e. The van der Waals surface area contributed by atoms with Gasteiger partial charge in [-0.05, 0) is 34.6 Å². The molecule has 0 aliphatic rings. The van der Waals surface area contributed by atoms with E-state index in [2.05, 4.69) is 10.1 Å². The van der Waals surface area contributed by atoms with Crippen LogP contribution >= 0.6 is 0 Å². The molecule has 2 N–H and O–H groups in total. The van der Waals surface area contributed by atoms with E-state index < -0.39 is 6.10 Å². The highest BCUT2D eigenvalue weighted by Gasteiger charge is 2.07. The van der Waals surface area contributed by atoms with Crippen LogP contribution in [0.5, 0.6) is 0 Å². The molecular formula is C12H25NO5. The second-order valence-corrected chi connectivity index (χ2v) is 4.71. The minimum Gasteiger partial charge on any atom is -0.462 e. The van der Waals surface area contributed by atoms with Crippen LogP contribution in [0.1, 0.15) is 34.6 Å². The van der Waals surface area contributed by atoms with Gasteiger partial charge >= 0.3 is 0 Å². The van der Waals surface area contributed by atoms with Crippen LogP contribution in [0.3, 0.4) is 0 Å². The molecule has 108 valence electrons. The fraction of sp³-hybridized carbons (Fsp3) is 0.833. The van der Waals surface area contributed by atoms with Crippen LogP contribution in [0.2, 0.25) is 0 Å². The third kappa shape index (κ3) is 17.3. The molecule has 0 aliphatic carbocycles. The number of carbonyl (C=O) groups is 2. The Balaban J connectivity index is 0. The molecule has 0 aromatic heterocycles. The van der Waals surface area contributed by atoms with Gasteiger partial charge in [-0.25, -0.2) is 0 Å². The van der Waals surface area contributed by atoms with E-state index >= 15 is 0 Å². The fourth-order valence-corrected chi connectivity index (χ4v) is 0.646. The molecule has 0 saturated carbocycles. The van der Waals surface area contributed by atoms with Gasteiger partial charge in [0, 0.05) is 6.54 Å². The Labute approximate surface area is 109 Å². The van der Waals surface area contributed by atoms with Crippen molar-refractivity contribution in [3.8, 4) is 0 Å². The van der Waals surface area contributed by atoms with E-state index in [9.17, 15) is 9.59 Å². The summed E-state index contributed by atoms with van der Waals surface area (Å²) >= 11 is 0. The highest BCUT2D eigenvalue weighted by Crippen LogP contribution is 2.02. The average molecular weight is 263 g/mol. The second kappa shape index (κ2) is 11.0. The molecule has 0 unspecified atom stereocenters. The van der Waals surface area contributed by atoms with Crippen LogP contribution in [0, 0.1) is 0 Å². The van der Waals surface area contributed by atoms with E-state index in [1.54, 1.807) is 13.8 Å². The number of aliphatic hydroxyl groups excluding tert-OH is 1. The van der Waals surface area contributed by atoms with Crippen molar-refractivity contribution in [1.82, 2.24) is 5.32 Å². The smallest absolute Gasteiger partial charge is 0.293 e. The lowest BCUT2D eigenvalue weighted by Crippen LogP contribution is -2.27. The third-order valence-corrected chi connectivity index (χ3v) is 1.79. The number of rotatable bonds is 7. The van der Waals surface area contributed by atoms with Crippen molar-refractivity contribution < 1.29 is 24.2 Å². The normalized spacial score (nSPS) is 13.7. The standard InChI is InChI=1S/C7H15NO3.C5H10O2/c1-6(10)7(2)11-4-3-8-5-9;1-5(2,3)7-4-6/h5-7,10H,3-4H2,1-2H3,(H,8,9);4H,1-3H3/t6-,7-;/m0./s1. The first-order valence-corrected chi connectivity index (χ1v) is 5.82. The van der Waals surface area contributed by atoms with E-state index in [1.807, 2.05) is 20.8 Å². The lowest BCUT2D eigenvalue weighted by atomic mass is 10.2. The predicted octanol–water partition coefficient (Wildman–Crippen LogP) is 0.476. The van der Waals surface area contributed by atoms with Gasteiger partial charge in [0.1, 0.15) is 5.60 Å². The topological polar surface area (TPSA) is 84.9 Å². The number of ether oxygens (including phenoxy) is 2. The predicted molar refractivity (Wildman–Crippen MR) is 68.1 cm³/mol. The summed E-state index contributed by atoms with van der Waals surface area (Å²) in [7, 11) is 0. The minimum absolute atomic E-state index is 0.177. The summed E-state index contributed by atoms with van der Waals surface area (Å²) in [6.45, 7) is 10.3. The molecule has 0 rings (SSSR count). The Bertz CT molecular complexity index is 213. The number of aliphatic hydroxyl groups is 1. The molecule has 0 heterocycles. The zero-order valence-electron chi connectivity index (χ0n) is 11.8. The average Bonchev–Trinajstić information content (AvgIpc) is 2.23. The molecule has 0 aliphatic heterocycles. The molecule has 0 radical (unpaired) electrons. The number of amides is 1. The van der Waals surface area contributed by atoms with E-state index in [4.69, 9.17) is 9.84 Å². The van der Waals surface area contributed by atoms with Crippen LogP contribution in [-0.2, 0) is 19.1 Å². The minimum atomic E-state index is -0.466. The van der Waals surface area contributed by atoms with Gasteiger partial charge in [-0.2, -0.15) is 0 Å². The summed E-state index contributed by atoms with van der Waals surface area (Å²) < 4.78 is 9.68. The summed E-state index contributed by atoms with van der Waals surface area (Å²) in [5, 5.41) is 11.4. The van der Waals surface area contributed by atoms with Crippen LogP contribution in [0.4, 0.5) is 0 Å². The molecule has 18 heavy (non-hydrogen) atoms. The molecule has 0 saturated heterocycles. The zero-order chi connectivity index (χ0) is 14.6. The second-order valence-electron chi connectivity index (χ2n) is 4.71. The molecule has 1 amide bonds. The Morgan fingerprint density at radius 2 is 1.83 bits per heavy atom. The van der Waals surface area contributed by atoms with E-state index in [0.29, 0.717) is 26.0 Å². The van der Waals surface area contributed by atoms with Crippen molar-refractivity contribution in [1.29, 1.82) is 0 Å². The van der Waals surface area contributed by atoms with E-state index in [1.165, 1.54) is 0 Å². The Hall–Kier alpha value is -1.14. The van der Waals surface area contributed by atoms with Crippen LogP contribution < -0.4 is 5.32 Å². The monoisotopic (exact) mass is 263 g/mol. The first kappa shape index (κ1) is 19.2. The molecule has 6 heteroatoms. The van der Waals surface area contributed by atoms with Gasteiger partial charge < -0.3 is 19.9 Å². The SMILES string of the molecule is CC(C)(C)OC=O.C[C@H](O)[C@H](C)OCCNC=O. The molecule has 0 spiro atoms. The van der Waals surface area contributed by atoms with Crippen LogP contribution in [0.15, 0.2) is 0 Å². The lowest BCUT2D eigenvalue weighted by Gasteiger charge is -2.14. The lowest BCUT2D eigenvalue weighted by molar-refractivity contribution is -0.138. The summed E-state index contributed by atoms with van der Waals surface area (Å²) in [5.74, 6) is 0. The number of hydrogen-bond acceptors (Lipinski definition) is 5. The maximum atomic E-state index is 9.77. The van der Waals surface area contributed by atoms with Gasteiger partial charge in [-0.3, -0.25) is 9.59 Å². The molecule has 6 nitrogen and oxygen atoms in total. The number of nitrogens with one attached hydrogen (secondary N) is 1. The van der Waals surface area contributed by atoms with Crippen LogP contribution in [-0.4, -0.2) is 48.9 Å². The summed E-state index contributed by atoms with van der Waals surface area (Å²) in [4.78, 5) is 19.4. The van der Waals surface area contributed by atoms with Crippen LogP contribution in [0.25, 0.3) is 0 Å². The quantitative estimate of drug-likeness (QED) is 0.515. The highest BCUT2D eigenvalue weighted by molar-refractivity contribution is 5.45. The van der Waals surface area contributed by atoms with Crippen molar-refractivity contribution in [2.45, 2.75) is 52.4 Å². The van der Waals surface area contributed by atoms with Crippen molar-refractivity contribution in [3.05, 3.63) is 0 Å². The van der Waals surface area contributed by atoms with Crippen molar-refractivity contribution in [3.63, 3.8) is 0 Å². The van der Waals surface area contributed by atoms with Gasteiger partial charge in [0.15, 0.2) is 0 Å². The van der Waals surface area contributed by atoms with Gasteiger partial charge in [0.05, 0.1) is 18.8 Å². The number of carbonyl (C=O) groups excluding carboxylic acids is 2. The molecular weight excluding hydrogens is 238 g/mol. The maximum absolute atomic E-state index is 9.77. The third-order valence-electron chi connectivity index (χ3n) is 1.79. The van der Waals surface area contributed by atoms with Crippen molar-refractivity contribution >= 4 is 12.9 Å². The summed E-state index contributed by atoms with van der Waals surface area (Å²) in [6, 6.07) is 0. The number of hydrogen-bond donors (Lipinski definition) is 2. The zero-order valence-corrected chi connectivity index (χ0v) is 11.8.